The predicted molar refractivity (Wildman–Crippen MR) is 112 cm³/mol. The third-order valence-corrected chi connectivity index (χ3v) is 5.84. The standard InChI is InChI=1S/C17H27N3O2.2C2HF3O2/c1-2-6-18(5-1)7-8-20-9-11-22-17-14-19(13-16(17)20)12-15-4-3-10-21-15;2*3-2(4,5)1(6)7/h3-4,10,16-17H,1-2,5-9,11-14H2;2*(H,6,7)/t16-,17+;;/m1../s1. The highest BCUT2D eigenvalue weighted by Gasteiger charge is 2.40. The highest BCUT2D eigenvalue weighted by atomic mass is 19.4. The first-order valence-electron chi connectivity index (χ1n) is 11.2. The number of carbonyl (C=O) groups is 2. The minimum Gasteiger partial charge on any atom is -0.475 e. The van der Waals surface area contributed by atoms with E-state index in [1.54, 1.807) is 6.26 Å². The number of fused-ring (bicyclic) bond motifs is 1. The van der Waals surface area contributed by atoms with Crippen molar-refractivity contribution in [3.8, 4) is 0 Å². The van der Waals surface area contributed by atoms with Crippen LogP contribution in [0.3, 0.4) is 0 Å². The molecule has 36 heavy (non-hydrogen) atoms. The molecule has 206 valence electrons. The van der Waals surface area contributed by atoms with Gasteiger partial charge in [0.25, 0.3) is 0 Å². The van der Waals surface area contributed by atoms with E-state index in [2.05, 4.69) is 20.8 Å². The lowest BCUT2D eigenvalue weighted by molar-refractivity contribution is -0.193. The molecule has 3 aliphatic heterocycles. The fraction of sp³-hybridized carbons (Fsp3) is 0.714. The van der Waals surface area contributed by atoms with Crippen molar-refractivity contribution in [1.82, 2.24) is 14.7 Å². The maximum absolute atomic E-state index is 10.6. The van der Waals surface area contributed by atoms with Crippen molar-refractivity contribution in [2.45, 2.75) is 43.9 Å². The molecule has 1 aromatic heterocycles. The van der Waals surface area contributed by atoms with Gasteiger partial charge >= 0.3 is 24.3 Å². The van der Waals surface area contributed by atoms with Crippen LogP contribution in [0.4, 0.5) is 26.3 Å². The van der Waals surface area contributed by atoms with Gasteiger partial charge in [-0.05, 0) is 38.1 Å². The molecule has 0 amide bonds. The summed E-state index contributed by atoms with van der Waals surface area (Å²) in [5.41, 5.74) is 0. The van der Waals surface area contributed by atoms with Crippen LogP contribution in [0.5, 0.6) is 0 Å². The normalized spacial score (nSPS) is 23.3. The van der Waals surface area contributed by atoms with Gasteiger partial charge in [-0.25, -0.2) is 9.59 Å². The monoisotopic (exact) mass is 533 g/mol. The van der Waals surface area contributed by atoms with Crippen molar-refractivity contribution in [2.24, 2.45) is 0 Å². The third kappa shape index (κ3) is 9.95. The molecule has 2 atom stereocenters. The Bertz CT molecular complexity index is 790. The number of furan rings is 1. The summed E-state index contributed by atoms with van der Waals surface area (Å²) in [4.78, 5) is 25.5. The fourth-order valence-corrected chi connectivity index (χ4v) is 4.14. The first kappa shape index (κ1) is 29.9. The van der Waals surface area contributed by atoms with Gasteiger partial charge in [-0.3, -0.25) is 9.80 Å². The molecular weight excluding hydrogens is 504 g/mol. The number of nitrogens with zero attached hydrogens (tertiary/aromatic N) is 3. The molecule has 4 heterocycles. The van der Waals surface area contributed by atoms with Crippen LogP contribution in [-0.4, -0.2) is 114 Å². The second-order valence-electron chi connectivity index (χ2n) is 8.44. The van der Waals surface area contributed by atoms with Crippen LogP contribution in [0.25, 0.3) is 0 Å². The molecule has 0 aromatic carbocycles. The Morgan fingerprint density at radius 1 is 0.917 bits per heavy atom. The SMILES string of the molecule is O=C(O)C(F)(F)F.O=C(O)C(F)(F)F.c1coc(CN2C[C@@H]3OCCN(CCN4CCCC4)[C@@H]3C2)c1. The quantitative estimate of drug-likeness (QED) is 0.553. The van der Waals surface area contributed by atoms with E-state index in [-0.39, 0.29) is 0 Å². The average Bonchev–Trinajstić information content (AvgIpc) is 3.54. The summed E-state index contributed by atoms with van der Waals surface area (Å²) in [5, 5.41) is 14.2. The topological polar surface area (TPSA) is 107 Å². The Balaban J connectivity index is 0.000000271. The van der Waals surface area contributed by atoms with Gasteiger partial charge in [0.2, 0.25) is 0 Å². The summed E-state index contributed by atoms with van der Waals surface area (Å²) in [5.74, 6) is -4.46. The molecule has 3 aliphatic rings. The smallest absolute Gasteiger partial charge is 0.475 e. The summed E-state index contributed by atoms with van der Waals surface area (Å²) >= 11 is 0. The number of aliphatic carboxylic acids is 2. The maximum Gasteiger partial charge on any atom is 0.490 e. The number of hydrogen-bond acceptors (Lipinski definition) is 7. The number of hydrogen-bond donors (Lipinski definition) is 2. The van der Waals surface area contributed by atoms with Crippen molar-refractivity contribution in [2.75, 3.05) is 52.4 Å². The van der Waals surface area contributed by atoms with E-state index in [0.717, 1.165) is 38.5 Å². The van der Waals surface area contributed by atoms with Gasteiger partial charge in [-0.1, -0.05) is 0 Å². The molecule has 3 saturated heterocycles. The molecule has 2 N–H and O–H groups in total. The first-order valence-corrected chi connectivity index (χ1v) is 11.2. The Morgan fingerprint density at radius 2 is 1.50 bits per heavy atom. The number of morpholine rings is 1. The van der Waals surface area contributed by atoms with Gasteiger partial charge in [0.1, 0.15) is 5.76 Å². The number of carboxylic acid groups (broad SMARTS) is 2. The first-order chi connectivity index (χ1) is 16.8. The lowest BCUT2D eigenvalue weighted by Gasteiger charge is -2.37. The zero-order chi connectivity index (χ0) is 26.9. The molecule has 0 aliphatic carbocycles. The van der Waals surface area contributed by atoms with Crippen molar-refractivity contribution >= 4 is 11.9 Å². The van der Waals surface area contributed by atoms with E-state index in [1.807, 2.05) is 6.07 Å². The molecule has 0 bridgehead atoms. The second kappa shape index (κ2) is 13.3. The summed E-state index contributed by atoms with van der Waals surface area (Å²) in [6.45, 7) is 10.0. The minimum absolute atomic E-state index is 0.377. The largest absolute Gasteiger partial charge is 0.490 e. The predicted octanol–water partition coefficient (Wildman–Crippen LogP) is 2.53. The molecule has 0 radical (unpaired) electrons. The van der Waals surface area contributed by atoms with Crippen molar-refractivity contribution in [3.05, 3.63) is 24.2 Å². The summed E-state index contributed by atoms with van der Waals surface area (Å²) in [6.07, 6.45) is -5.27. The Morgan fingerprint density at radius 3 is 2.00 bits per heavy atom. The Kier molecular flexibility index (Phi) is 11.0. The highest BCUT2D eigenvalue weighted by molar-refractivity contribution is 5.73. The van der Waals surface area contributed by atoms with Crippen molar-refractivity contribution in [3.63, 3.8) is 0 Å². The molecule has 0 unspecified atom stereocenters. The molecule has 4 rings (SSSR count). The summed E-state index contributed by atoms with van der Waals surface area (Å²) in [6, 6.07) is 4.59. The van der Waals surface area contributed by atoms with Crippen LogP contribution in [-0.2, 0) is 20.9 Å². The highest BCUT2D eigenvalue weighted by Crippen LogP contribution is 2.24. The molecule has 3 fully saturated rings. The van der Waals surface area contributed by atoms with Crippen LogP contribution in [0.1, 0.15) is 18.6 Å². The minimum atomic E-state index is -5.08. The van der Waals surface area contributed by atoms with Crippen LogP contribution < -0.4 is 0 Å². The van der Waals surface area contributed by atoms with Gasteiger partial charge in [0.05, 0.1) is 25.5 Å². The van der Waals surface area contributed by atoms with Crippen LogP contribution in [0.2, 0.25) is 0 Å². The number of alkyl halides is 6. The van der Waals surface area contributed by atoms with E-state index in [9.17, 15) is 26.3 Å². The second-order valence-corrected chi connectivity index (χ2v) is 8.44. The van der Waals surface area contributed by atoms with Crippen molar-refractivity contribution in [1.29, 1.82) is 0 Å². The van der Waals surface area contributed by atoms with Gasteiger partial charge in [-0.15, -0.1) is 0 Å². The van der Waals surface area contributed by atoms with Gasteiger partial charge in [0, 0.05) is 38.8 Å². The van der Waals surface area contributed by atoms with Crippen LogP contribution in [0, 0.1) is 0 Å². The molecule has 9 nitrogen and oxygen atoms in total. The molecule has 15 heteroatoms. The average molecular weight is 533 g/mol. The zero-order valence-electron chi connectivity index (χ0n) is 19.3. The van der Waals surface area contributed by atoms with Gasteiger partial charge in [0.15, 0.2) is 0 Å². The van der Waals surface area contributed by atoms with E-state index in [0.29, 0.717) is 12.1 Å². The zero-order valence-corrected chi connectivity index (χ0v) is 19.3. The third-order valence-electron chi connectivity index (χ3n) is 5.84. The molecular formula is C21H29F6N3O6. The van der Waals surface area contributed by atoms with E-state index < -0.39 is 24.3 Å². The Labute approximate surface area is 203 Å². The lowest BCUT2D eigenvalue weighted by Crippen LogP contribution is -2.52. The molecule has 0 spiro atoms. The summed E-state index contributed by atoms with van der Waals surface area (Å²) in [7, 11) is 0. The summed E-state index contributed by atoms with van der Waals surface area (Å²) < 4.78 is 75.0. The van der Waals surface area contributed by atoms with E-state index >= 15 is 0 Å². The number of halogens is 6. The van der Waals surface area contributed by atoms with Crippen LogP contribution in [0.15, 0.2) is 22.8 Å². The number of ether oxygens (including phenoxy) is 1. The number of likely N-dealkylation sites (tertiary alicyclic amines) is 2. The number of rotatable bonds is 5. The van der Waals surface area contributed by atoms with E-state index in [4.69, 9.17) is 29.0 Å². The number of carboxylic acids is 2. The lowest BCUT2D eigenvalue weighted by atomic mass is 10.1. The van der Waals surface area contributed by atoms with Gasteiger partial charge < -0.3 is 24.3 Å². The Hall–Kier alpha value is -2.36. The van der Waals surface area contributed by atoms with Crippen LogP contribution >= 0.6 is 0 Å². The van der Waals surface area contributed by atoms with E-state index in [1.165, 1.54) is 39.0 Å². The van der Waals surface area contributed by atoms with Crippen molar-refractivity contribution < 1.29 is 55.3 Å². The molecule has 1 aromatic rings. The fourth-order valence-electron chi connectivity index (χ4n) is 4.14. The molecule has 0 saturated carbocycles. The van der Waals surface area contributed by atoms with Gasteiger partial charge in [-0.2, -0.15) is 26.3 Å². The maximum atomic E-state index is 10.6.